The number of nitrogens with zero attached hydrogens (tertiary/aromatic N) is 4. The van der Waals surface area contributed by atoms with Crippen LogP contribution in [0.15, 0.2) is 65.7 Å². The maximum absolute atomic E-state index is 13.5. The molecule has 1 N–H and O–H groups in total. The molecule has 1 aliphatic rings. The van der Waals surface area contributed by atoms with Crippen LogP contribution in [0.2, 0.25) is 0 Å². The lowest BCUT2D eigenvalue weighted by Gasteiger charge is -2.19. The van der Waals surface area contributed by atoms with Crippen LogP contribution in [0.3, 0.4) is 0 Å². The first-order valence-corrected chi connectivity index (χ1v) is 13.4. The standard InChI is InChI=1S/C31H28FN5O5/c1-18-14-20(9-12-25(18)42-30-22-15-26(40-2)27(41-3)16-23(22)33-17-34-30)35-29(38)28-24-6-4-5-13-36(24)37(31(28)39)21-10-7-19(32)8-11-21/h7-12,14-17H,4-6,13H2,1-3H3,(H,35,38). The first kappa shape index (κ1) is 27.0. The smallest absolute Gasteiger partial charge is 0.284 e. The zero-order chi connectivity index (χ0) is 29.4. The van der Waals surface area contributed by atoms with Crippen LogP contribution in [0.25, 0.3) is 16.6 Å². The second kappa shape index (κ2) is 11.0. The molecular weight excluding hydrogens is 541 g/mol. The molecule has 0 bridgehead atoms. The third-order valence-corrected chi connectivity index (χ3v) is 7.32. The number of benzene rings is 3. The van der Waals surface area contributed by atoms with Crippen LogP contribution in [-0.4, -0.2) is 39.5 Å². The van der Waals surface area contributed by atoms with Gasteiger partial charge in [-0.1, -0.05) is 0 Å². The van der Waals surface area contributed by atoms with Gasteiger partial charge >= 0.3 is 0 Å². The Morgan fingerprint density at radius 3 is 2.45 bits per heavy atom. The third-order valence-electron chi connectivity index (χ3n) is 7.32. The Kier molecular flexibility index (Phi) is 7.07. The first-order valence-electron chi connectivity index (χ1n) is 13.4. The number of hydrogen-bond acceptors (Lipinski definition) is 7. The Morgan fingerprint density at radius 2 is 1.71 bits per heavy atom. The van der Waals surface area contributed by atoms with Crippen molar-refractivity contribution in [2.45, 2.75) is 32.7 Å². The van der Waals surface area contributed by atoms with E-state index in [0.717, 1.165) is 18.4 Å². The number of fused-ring (bicyclic) bond motifs is 2. The van der Waals surface area contributed by atoms with Crippen LogP contribution < -0.4 is 25.1 Å². The third kappa shape index (κ3) is 4.83. The van der Waals surface area contributed by atoms with Crippen molar-refractivity contribution < 1.29 is 23.4 Å². The average Bonchev–Trinajstić information content (AvgIpc) is 3.30. The molecule has 10 nitrogen and oxygen atoms in total. The topological polar surface area (TPSA) is 110 Å². The number of carbonyl (C=O) groups is 1. The molecule has 1 amide bonds. The Hall–Kier alpha value is -5.19. The highest BCUT2D eigenvalue weighted by atomic mass is 19.1. The highest BCUT2D eigenvalue weighted by Gasteiger charge is 2.28. The van der Waals surface area contributed by atoms with Crippen molar-refractivity contribution >= 4 is 22.5 Å². The Bertz CT molecular complexity index is 1880. The number of methoxy groups -OCH3 is 2. The van der Waals surface area contributed by atoms with Crippen LogP contribution in [0, 0.1) is 12.7 Å². The average molecular weight is 570 g/mol. The molecule has 3 heterocycles. The van der Waals surface area contributed by atoms with Crippen LogP contribution in [-0.2, 0) is 13.0 Å². The molecule has 1 aliphatic heterocycles. The molecular formula is C31H28FN5O5. The van der Waals surface area contributed by atoms with Crippen molar-refractivity contribution in [1.82, 2.24) is 19.3 Å². The van der Waals surface area contributed by atoms with E-state index in [-0.39, 0.29) is 5.56 Å². The summed E-state index contributed by atoms with van der Waals surface area (Å²) < 4.78 is 33.8. The molecule has 42 heavy (non-hydrogen) atoms. The minimum absolute atomic E-state index is 0.0915. The van der Waals surface area contributed by atoms with E-state index in [9.17, 15) is 14.0 Å². The molecule has 0 saturated carbocycles. The summed E-state index contributed by atoms with van der Waals surface area (Å²) in [5.41, 5.74) is 2.71. The number of halogens is 1. The van der Waals surface area contributed by atoms with Crippen molar-refractivity contribution in [3.63, 3.8) is 0 Å². The van der Waals surface area contributed by atoms with Gasteiger partial charge in [0.15, 0.2) is 11.5 Å². The largest absolute Gasteiger partial charge is 0.493 e. The van der Waals surface area contributed by atoms with Crippen molar-refractivity contribution in [3.05, 3.63) is 93.9 Å². The van der Waals surface area contributed by atoms with E-state index in [1.165, 1.54) is 35.3 Å². The highest BCUT2D eigenvalue weighted by Crippen LogP contribution is 2.36. The van der Waals surface area contributed by atoms with Gasteiger partial charge in [-0.2, -0.15) is 0 Å². The van der Waals surface area contributed by atoms with Crippen molar-refractivity contribution in [1.29, 1.82) is 0 Å². The Morgan fingerprint density at radius 1 is 0.952 bits per heavy atom. The molecule has 6 rings (SSSR count). The van der Waals surface area contributed by atoms with Crippen molar-refractivity contribution in [2.75, 3.05) is 19.5 Å². The number of ether oxygens (including phenoxy) is 3. The second-order valence-electron chi connectivity index (χ2n) is 9.93. The molecule has 0 radical (unpaired) electrons. The number of carbonyl (C=O) groups excluding carboxylic acids is 1. The molecule has 214 valence electrons. The molecule has 0 atom stereocenters. The molecule has 0 saturated heterocycles. The summed E-state index contributed by atoms with van der Waals surface area (Å²) >= 11 is 0. The number of anilines is 1. The monoisotopic (exact) mass is 569 g/mol. The molecule has 2 aromatic heterocycles. The molecule has 0 unspecified atom stereocenters. The van der Waals surface area contributed by atoms with E-state index in [1.807, 2.05) is 11.6 Å². The van der Waals surface area contributed by atoms with Crippen LogP contribution in [0.4, 0.5) is 10.1 Å². The summed E-state index contributed by atoms with van der Waals surface area (Å²) in [5, 5.41) is 3.52. The lowest BCUT2D eigenvalue weighted by atomic mass is 10.1. The summed E-state index contributed by atoms with van der Waals surface area (Å²) in [5.74, 6) is 1.03. The van der Waals surface area contributed by atoms with Gasteiger partial charge in [0.05, 0.1) is 36.5 Å². The maximum atomic E-state index is 13.5. The quantitative estimate of drug-likeness (QED) is 0.278. The summed E-state index contributed by atoms with van der Waals surface area (Å²) in [4.78, 5) is 35.6. The number of aromatic nitrogens is 4. The molecule has 0 spiro atoms. The Labute approximate surface area is 240 Å². The number of rotatable bonds is 7. The SMILES string of the molecule is COc1cc2ncnc(Oc3ccc(NC(=O)c4c5n(n(-c6ccc(F)cc6)c4=O)CCCC5)cc3C)c2cc1OC. The second-order valence-corrected chi connectivity index (χ2v) is 9.93. The minimum atomic E-state index is -0.498. The van der Waals surface area contributed by atoms with Crippen molar-refractivity contribution in [2.24, 2.45) is 0 Å². The van der Waals surface area contributed by atoms with E-state index in [1.54, 1.807) is 44.6 Å². The summed E-state index contributed by atoms with van der Waals surface area (Å²) in [6.07, 6.45) is 3.76. The number of aryl methyl sites for hydroxylation is 1. The predicted molar refractivity (Wildman–Crippen MR) is 155 cm³/mol. The zero-order valence-electron chi connectivity index (χ0n) is 23.3. The molecule has 0 fully saturated rings. The van der Waals surface area contributed by atoms with Gasteiger partial charge in [0.25, 0.3) is 11.5 Å². The summed E-state index contributed by atoms with van der Waals surface area (Å²) in [7, 11) is 3.10. The highest BCUT2D eigenvalue weighted by molar-refractivity contribution is 6.05. The van der Waals surface area contributed by atoms with Gasteiger partial charge in [-0.05, 0) is 80.3 Å². The van der Waals surface area contributed by atoms with Crippen LogP contribution in [0.1, 0.15) is 34.5 Å². The number of nitrogens with one attached hydrogen (secondary N) is 1. The van der Waals surface area contributed by atoms with E-state index in [2.05, 4.69) is 15.3 Å². The molecule has 5 aromatic rings. The molecule has 0 aliphatic carbocycles. The van der Waals surface area contributed by atoms with E-state index in [0.29, 0.717) is 64.1 Å². The van der Waals surface area contributed by atoms with Gasteiger partial charge in [-0.15, -0.1) is 0 Å². The number of amides is 1. The Balaban J connectivity index is 1.28. The van der Waals surface area contributed by atoms with Gasteiger partial charge in [0.2, 0.25) is 5.88 Å². The fourth-order valence-corrected chi connectivity index (χ4v) is 5.28. The fourth-order valence-electron chi connectivity index (χ4n) is 5.28. The van der Waals surface area contributed by atoms with Gasteiger partial charge in [-0.3, -0.25) is 14.3 Å². The maximum Gasteiger partial charge on any atom is 0.284 e. The van der Waals surface area contributed by atoms with Crippen molar-refractivity contribution in [3.8, 4) is 28.8 Å². The summed E-state index contributed by atoms with van der Waals surface area (Å²) in [6, 6.07) is 14.4. The zero-order valence-corrected chi connectivity index (χ0v) is 23.3. The van der Waals surface area contributed by atoms with E-state index in [4.69, 9.17) is 14.2 Å². The lowest BCUT2D eigenvalue weighted by molar-refractivity contribution is 0.102. The molecule has 3 aromatic carbocycles. The summed E-state index contributed by atoms with van der Waals surface area (Å²) in [6.45, 7) is 2.44. The van der Waals surface area contributed by atoms with Gasteiger partial charge in [0.1, 0.15) is 23.5 Å². The van der Waals surface area contributed by atoms with Crippen LogP contribution >= 0.6 is 0 Å². The van der Waals surface area contributed by atoms with Gasteiger partial charge in [0, 0.05) is 18.3 Å². The number of hydrogen-bond donors (Lipinski definition) is 1. The predicted octanol–water partition coefficient (Wildman–Crippen LogP) is 5.43. The first-order chi connectivity index (χ1) is 20.4. The minimum Gasteiger partial charge on any atom is -0.493 e. The fraction of sp³-hybridized carbons (Fsp3) is 0.226. The van der Waals surface area contributed by atoms with Crippen LogP contribution in [0.5, 0.6) is 23.1 Å². The molecule has 11 heteroatoms. The van der Waals surface area contributed by atoms with E-state index >= 15 is 0 Å². The lowest BCUT2D eigenvalue weighted by Crippen LogP contribution is -2.26. The van der Waals surface area contributed by atoms with Gasteiger partial charge in [-0.25, -0.2) is 19.0 Å². The normalized spacial score (nSPS) is 12.6. The van der Waals surface area contributed by atoms with E-state index < -0.39 is 17.3 Å². The van der Waals surface area contributed by atoms with Gasteiger partial charge < -0.3 is 19.5 Å².